The second kappa shape index (κ2) is 7.77. The minimum Gasteiger partial charge on any atom is -0.348 e. The number of hydrogen-bond donors (Lipinski definition) is 1. The van der Waals surface area contributed by atoms with Gasteiger partial charge in [0.1, 0.15) is 0 Å². The largest absolute Gasteiger partial charge is 0.348 e. The van der Waals surface area contributed by atoms with Gasteiger partial charge in [-0.1, -0.05) is 23.7 Å². The molecule has 0 atom stereocenters. The molecule has 0 radical (unpaired) electrons. The third kappa shape index (κ3) is 4.55. The van der Waals surface area contributed by atoms with Crippen LogP contribution in [0.15, 0.2) is 61.1 Å². The highest BCUT2D eigenvalue weighted by Gasteiger charge is 2.05. The van der Waals surface area contributed by atoms with Gasteiger partial charge in [-0.05, 0) is 41.5 Å². The van der Waals surface area contributed by atoms with Crippen LogP contribution in [0, 0.1) is 0 Å². The average Bonchev–Trinajstić information content (AvgIpc) is 3.06. The van der Waals surface area contributed by atoms with E-state index in [0.29, 0.717) is 11.6 Å². The molecule has 1 amide bonds. The van der Waals surface area contributed by atoms with Crippen LogP contribution in [0.3, 0.4) is 0 Å². The van der Waals surface area contributed by atoms with Crippen LogP contribution in [0.2, 0.25) is 5.02 Å². The first-order chi connectivity index (χ1) is 12.1. The first kappa shape index (κ1) is 16.9. The monoisotopic (exact) mass is 352 g/mol. The number of hydrogen-bond acceptors (Lipinski definition) is 3. The van der Waals surface area contributed by atoms with Gasteiger partial charge in [0.2, 0.25) is 5.91 Å². The molecule has 2 heterocycles. The molecule has 3 rings (SSSR count). The second-order valence-electron chi connectivity index (χ2n) is 5.52. The first-order valence-electron chi connectivity index (χ1n) is 7.75. The number of amides is 1. The van der Waals surface area contributed by atoms with Gasteiger partial charge in [-0.15, -0.1) is 0 Å². The maximum absolute atomic E-state index is 12.0. The zero-order chi connectivity index (χ0) is 17.6. The summed E-state index contributed by atoms with van der Waals surface area (Å²) in [5.41, 5.74) is 3.78. The fourth-order valence-electron chi connectivity index (χ4n) is 2.38. The molecule has 0 aliphatic carbocycles. The third-order valence-electron chi connectivity index (χ3n) is 3.68. The van der Waals surface area contributed by atoms with Gasteiger partial charge >= 0.3 is 0 Å². The van der Waals surface area contributed by atoms with Crippen molar-refractivity contribution in [2.75, 3.05) is 0 Å². The van der Waals surface area contributed by atoms with Crippen molar-refractivity contribution < 1.29 is 4.79 Å². The zero-order valence-electron chi connectivity index (χ0n) is 13.7. The predicted octanol–water partition coefficient (Wildman–Crippen LogP) is 3.47. The Morgan fingerprint density at radius 1 is 1.24 bits per heavy atom. The Hall–Kier alpha value is -2.92. The Balaban J connectivity index is 1.61. The number of aromatic nitrogens is 3. The molecule has 0 unspecified atom stereocenters. The lowest BCUT2D eigenvalue weighted by Gasteiger charge is -2.06. The number of aryl methyl sites for hydroxylation is 1. The van der Waals surface area contributed by atoms with Crippen molar-refractivity contribution in [1.29, 1.82) is 0 Å². The molecule has 126 valence electrons. The summed E-state index contributed by atoms with van der Waals surface area (Å²) >= 11 is 5.84. The molecule has 3 aromatic rings. The molecule has 25 heavy (non-hydrogen) atoms. The Labute approximate surface area is 151 Å². The van der Waals surface area contributed by atoms with E-state index in [1.807, 2.05) is 31.3 Å². The van der Waals surface area contributed by atoms with Crippen molar-refractivity contribution >= 4 is 23.6 Å². The lowest BCUT2D eigenvalue weighted by atomic mass is 10.1. The van der Waals surface area contributed by atoms with E-state index < -0.39 is 0 Å². The summed E-state index contributed by atoms with van der Waals surface area (Å²) in [5, 5.41) is 7.68. The van der Waals surface area contributed by atoms with Crippen LogP contribution in [-0.2, 0) is 18.4 Å². The molecule has 6 heteroatoms. The van der Waals surface area contributed by atoms with E-state index >= 15 is 0 Å². The van der Waals surface area contributed by atoms with Gasteiger partial charge in [0, 0.05) is 48.8 Å². The number of nitrogens with zero attached hydrogens (tertiary/aromatic N) is 3. The molecular weight excluding hydrogens is 336 g/mol. The Bertz CT molecular complexity index is 900. The maximum atomic E-state index is 12.0. The highest BCUT2D eigenvalue weighted by molar-refractivity contribution is 6.30. The summed E-state index contributed by atoms with van der Waals surface area (Å²) in [6.45, 7) is 0.405. The second-order valence-corrected chi connectivity index (χ2v) is 5.96. The number of carbonyl (C=O) groups excluding carboxylic acids is 1. The summed E-state index contributed by atoms with van der Waals surface area (Å²) in [7, 11) is 1.88. The van der Waals surface area contributed by atoms with Crippen molar-refractivity contribution in [3.05, 3.63) is 77.2 Å². The molecule has 0 fully saturated rings. The van der Waals surface area contributed by atoms with Crippen molar-refractivity contribution in [3.63, 3.8) is 0 Å². The molecule has 1 aromatic carbocycles. The minimum atomic E-state index is -0.166. The van der Waals surface area contributed by atoms with Crippen molar-refractivity contribution in [2.45, 2.75) is 6.54 Å². The summed E-state index contributed by atoms with van der Waals surface area (Å²) in [6.07, 6.45) is 8.51. The smallest absolute Gasteiger partial charge is 0.244 e. The number of rotatable bonds is 5. The minimum absolute atomic E-state index is 0.166. The van der Waals surface area contributed by atoms with Gasteiger partial charge in [-0.2, -0.15) is 5.10 Å². The van der Waals surface area contributed by atoms with Crippen LogP contribution in [0.25, 0.3) is 17.3 Å². The summed E-state index contributed by atoms with van der Waals surface area (Å²) in [5.74, 6) is -0.166. The van der Waals surface area contributed by atoms with Gasteiger partial charge in [-0.3, -0.25) is 14.5 Å². The van der Waals surface area contributed by atoms with Gasteiger partial charge in [0.25, 0.3) is 0 Å². The van der Waals surface area contributed by atoms with Crippen LogP contribution >= 0.6 is 11.6 Å². The average molecular weight is 353 g/mol. The quantitative estimate of drug-likeness (QED) is 0.715. The van der Waals surface area contributed by atoms with Crippen molar-refractivity contribution in [3.8, 4) is 11.3 Å². The molecule has 5 nitrogen and oxygen atoms in total. The molecule has 0 spiro atoms. The van der Waals surface area contributed by atoms with Gasteiger partial charge in [0.15, 0.2) is 0 Å². The van der Waals surface area contributed by atoms with Gasteiger partial charge < -0.3 is 5.32 Å². The van der Waals surface area contributed by atoms with Crippen LogP contribution in [0.1, 0.15) is 11.1 Å². The zero-order valence-corrected chi connectivity index (χ0v) is 14.4. The van der Waals surface area contributed by atoms with E-state index in [4.69, 9.17) is 11.6 Å². The van der Waals surface area contributed by atoms with Gasteiger partial charge in [-0.25, -0.2) is 0 Å². The van der Waals surface area contributed by atoms with Gasteiger partial charge in [0.05, 0.1) is 5.69 Å². The molecule has 1 N–H and O–H groups in total. The molecule has 0 bridgehead atoms. The van der Waals surface area contributed by atoms with Crippen LogP contribution in [0.5, 0.6) is 0 Å². The van der Waals surface area contributed by atoms with Crippen LogP contribution in [-0.4, -0.2) is 20.7 Å². The van der Waals surface area contributed by atoms with E-state index in [2.05, 4.69) is 15.4 Å². The van der Waals surface area contributed by atoms with Crippen LogP contribution in [0.4, 0.5) is 0 Å². The fourth-order valence-corrected chi connectivity index (χ4v) is 2.50. The highest BCUT2D eigenvalue weighted by atomic mass is 35.5. The van der Waals surface area contributed by atoms with Crippen LogP contribution < -0.4 is 5.32 Å². The SMILES string of the molecule is Cn1nccc1-c1cncc(CNC(=O)/C=C/c2ccc(Cl)cc2)c1. The Kier molecular flexibility index (Phi) is 5.26. The number of pyridine rings is 1. The van der Waals surface area contributed by atoms with Crippen molar-refractivity contribution in [2.24, 2.45) is 7.05 Å². The number of benzene rings is 1. The third-order valence-corrected chi connectivity index (χ3v) is 3.93. The van der Waals surface area contributed by atoms with E-state index in [-0.39, 0.29) is 5.91 Å². The van der Waals surface area contributed by atoms with Crippen molar-refractivity contribution in [1.82, 2.24) is 20.1 Å². The molecule has 2 aromatic heterocycles. The summed E-state index contributed by atoms with van der Waals surface area (Å²) in [6, 6.07) is 11.2. The normalized spacial score (nSPS) is 11.0. The fraction of sp³-hybridized carbons (Fsp3) is 0.105. The Morgan fingerprint density at radius 2 is 2.04 bits per heavy atom. The maximum Gasteiger partial charge on any atom is 0.244 e. The van der Waals surface area contributed by atoms with E-state index in [1.54, 1.807) is 41.5 Å². The number of carbonyl (C=O) groups is 1. The highest BCUT2D eigenvalue weighted by Crippen LogP contribution is 2.18. The number of nitrogens with one attached hydrogen (secondary N) is 1. The summed E-state index contributed by atoms with van der Waals surface area (Å²) in [4.78, 5) is 16.2. The van der Waals surface area contributed by atoms with E-state index in [1.165, 1.54) is 6.08 Å². The molecular formula is C19H17ClN4O. The molecule has 0 saturated heterocycles. The predicted molar refractivity (Wildman–Crippen MR) is 98.8 cm³/mol. The van der Waals surface area contributed by atoms with E-state index in [0.717, 1.165) is 22.4 Å². The molecule has 0 aliphatic rings. The number of halogens is 1. The molecule has 0 saturated carbocycles. The molecule has 0 aliphatic heterocycles. The van der Waals surface area contributed by atoms with E-state index in [9.17, 15) is 4.79 Å². The standard InChI is InChI=1S/C19H17ClN4O/c1-24-18(8-9-23-24)16-10-15(11-21-13-16)12-22-19(25)7-4-14-2-5-17(20)6-3-14/h2-11,13H,12H2,1H3,(H,22,25)/b7-4+. The first-order valence-corrected chi connectivity index (χ1v) is 8.13. The lowest BCUT2D eigenvalue weighted by molar-refractivity contribution is -0.116. The Morgan fingerprint density at radius 3 is 2.76 bits per heavy atom. The summed E-state index contributed by atoms with van der Waals surface area (Å²) < 4.78 is 1.79. The lowest BCUT2D eigenvalue weighted by Crippen LogP contribution is -2.20. The topological polar surface area (TPSA) is 59.8 Å².